The Morgan fingerprint density at radius 3 is 2.78 bits per heavy atom. The van der Waals surface area contributed by atoms with Gasteiger partial charge in [0.15, 0.2) is 0 Å². The van der Waals surface area contributed by atoms with Crippen molar-refractivity contribution < 1.29 is 4.74 Å². The number of nitrogens with one attached hydrogen (secondary N) is 1. The minimum atomic E-state index is 0.449. The molecule has 0 amide bonds. The Morgan fingerprint density at radius 2 is 2.06 bits per heavy atom. The Kier molecular flexibility index (Phi) is 5.67. The number of hydrogen-bond acceptors (Lipinski definition) is 3. The summed E-state index contributed by atoms with van der Waals surface area (Å²) < 4.78 is 6.09. The van der Waals surface area contributed by atoms with E-state index in [2.05, 4.69) is 23.8 Å². The quantitative estimate of drug-likeness (QED) is 0.503. The van der Waals surface area contributed by atoms with E-state index in [9.17, 15) is 0 Å². The van der Waals surface area contributed by atoms with Gasteiger partial charge in [-0.15, -0.1) is 6.58 Å². The lowest BCUT2D eigenvalue weighted by atomic mass is 10.2. The molecule has 2 fully saturated rings. The van der Waals surface area contributed by atoms with Crippen molar-refractivity contribution in [1.29, 1.82) is 0 Å². The van der Waals surface area contributed by atoms with Crippen molar-refractivity contribution in [2.75, 3.05) is 26.7 Å². The van der Waals surface area contributed by atoms with E-state index < -0.39 is 0 Å². The summed E-state index contributed by atoms with van der Waals surface area (Å²) in [5.74, 6) is 0. The third-order valence-electron chi connectivity index (χ3n) is 3.87. The highest BCUT2D eigenvalue weighted by molar-refractivity contribution is 4.84. The van der Waals surface area contributed by atoms with Crippen molar-refractivity contribution in [2.24, 2.45) is 0 Å². The predicted molar refractivity (Wildman–Crippen MR) is 75.8 cm³/mol. The van der Waals surface area contributed by atoms with E-state index in [1.54, 1.807) is 0 Å². The van der Waals surface area contributed by atoms with E-state index in [1.165, 1.54) is 32.1 Å². The normalized spacial score (nSPS) is 27.9. The van der Waals surface area contributed by atoms with Crippen LogP contribution < -0.4 is 5.32 Å². The molecule has 1 heterocycles. The molecule has 3 nitrogen and oxygen atoms in total. The van der Waals surface area contributed by atoms with Crippen LogP contribution in [0.4, 0.5) is 0 Å². The van der Waals surface area contributed by atoms with Crippen LogP contribution in [0.5, 0.6) is 0 Å². The van der Waals surface area contributed by atoms with Crippen molar-refractivity contribution in [3.05, 3.63) is 12.7 Å². The number of nitrogens with zero attached hydrogens (tertiary/aromatic N) is 1. The van der Waals surface area contributed by atoms with Gasteiger partial charge in [-0.1, -0.05) is 6.08 Å². The van der Waals surface area contributed by atoms with Gasteiger partial charge in [0.2, 0.25) is 0 Å². The van der Waals surface area contributed by atoms with Gasteiger partial charge in [0.05, 0.1) is 12.2 Å². The highest BCUT2D eigenvalue weighted by Crippen LogP contribution is 2.23. The fourth-order valence-corrected chi connectivity index (χ4v) is 2.59. The van der Waals surface area contributed by atoms with Gasteiger partial charge in [-0.05, 0) is 52.1 Å². The summed E-state index contributed by atoms with van der Waals surface area (Å²) in [7, 11) is 2.20. The van der Waals surface area contributed by atoms with E-state index in [0.717, 1.165) is 32.1 Å². The topological polar surface area (TPSA) is 24.5 Å². The largest absolute Gasteiger partial charge is 0.372 e. The van der Waals surface area contributed by atoms with E-state index in [1.807, 2.05) is 6.08 Å². The Hall–Kier alpha value is -0.380. The molecule has 2 unspecified atom stereocenters. The van der Waals surface area contributed by atoms with Crippen molar-refractivity contribution in [2.45, 2.75) is 56.8 Å². The molecule has 0 aromatic heterocycles. The zero-order chi connectivity index (χ0) is 12.8. The summed E-state index contributed by atoms with van der Waals surface area (Å²) in [5, 5.41) is 3.56. The van der Waals surface area contributed by atoms with Crippen LogP contribution in [-0.2, 0) is 4.74 Å². The van der Waals surface area contributed by atoms with E-state index in [-0.39, 0.29) is 0 Å². The van der Waals surface area contributed by atoms with Crippen LogP contribution in [0.1, 0.15) is 38.5 Å². The average molecular weight is 252 g/mol. The van der Waals surface area contributed by atoms with Crippen molar-refractivity contribution in [3.8, 4) is 0 Å². The molecule has 104 valence electrons. The third kappa shape index (κ3) is 5.09. The highest BCUT2D eigenvalue weighted by Gasteiger charge is 2.28. The Morgan fingerprint density at radius 1 is 1.28 bits per heavy atom. The standard InChI is InChI=1S/C15H28N2O/c1-3-4-5-10-17(2)12-15-9-8-14(18-15)11-16-13-6-7-13/h3,13-16H,1,4-12H2,2H3. The van der Waals surface area contributed by atoms with E-state index in [0.29, 0.717) is 12.2 Å². The Bertz CT molecular complexity index is 253. The zero-order valence-corrected chi connectivity index (χ0v) is 11.7. The van der Waals surface area contributed by atoms with Crippen molar-refractivity contribution in [3.63, 3.8) is 0 Å². The summed E-state index contributed by atoms with van der Waals surface area (Å²) in [4.78, 5) is 2.39. The summed E-state index contributed by atoms with van der Waals surface area (Å²) in [6.07, 6.45) is 10.4. The fourth-order valence-electron chi connectivity index (χ4n) is 2.59. The van der Waals surface area contributed by atoms with Crippen LogP contribution >= 0.6 is 0 Å². The van der Waals surface area contributed by atoms with Gasteiger partial charge in [0, 0.05) is 19.1 Å². The molecule has 2 aliphatic rings. The fraction of sp³-hybridized carbons (Fsp3) is 0.867. The van der Waals surface area contributed by atoms with E-state index >= 15 is 0 Å². The summed E-state index contributed by atoms with van der Waals surface area (Å²) >= 11 is 0. The molecular weight excluding hydrogens is 224 g/mol. The maximum Gasteiger partial charge on any atom is 0.0707 e. The minimum absolute atomic E-state index is 0.449. The molecule has 0 spiro atoms. The zero-order valence-electron chi connectivity index (χ0n) is 11.7. The molecule has 0 aromatic rings. The molecule has 2 atom stereocenters. The average Bonchev–Trinajstić information content (AvgIpc) is 3.08. The van der Waals surface area contributed by atoms with Crippen LogP contribution in [0, 0.1) is 0 Å². The molecule has 3 heteroatoms. The summed E-state index contributed by atoms with van der Waals surface area (Å²) in [6.45, 7) is 7.05. The smallest absolute Gasteiger partial charge is 0.0707 e. The first-order valence-electron chi connectivity index (χ1n) is 7.46. The van der Waals surface area contributed by atoms with Crippen molar-refractivity contribution in [1.82, 2.24) is 10.2 Å². The van der Waals surface area contributed by atoms with Gasteiger partial charge in [-0.25, -0.2) is 0 Å². The lowest BCUT2D eigenvalue weighted by Gasteiger charge is -2.21. The first kappa shape index (κ1) is 14.0. The van der Waals surface area contributed by atoms with Crippen molar-refractivity contribution >= 4 is 0 Å². The lowest BCUT2D eigenvalue weighted by molar-refractivity contribution is 0.0276. The summed E-state index contributed by atoms with van der Waals surface area (Å²) in [5.41, 5.74) is 0. The molecule has 0 bridgehead atoms. The van der Waals surface area contributed by atoms with Crippen LogP contribution in [0.15, 0.2) is 12.7 Å². The maximum absolute atomic E-state index is 6.09. The number of ether oxygens (including phenoxy) is 1. The molecule has 1 N–H and O–H groups in total. The molecule has 0 radical (unpaired) electrons. The molecular formula is C15H28N2O. The Labute approximate surface area is 112 Å². The van der Waals surface area contributed by atoms with Crippen LogP contribution in [0.25, 0.3) is 0 Å². The summed E-state index contributed by atoms with van der Waals surface area (Å²) in [6, 6.07) is 0.800. The van der Waals surface area contributed by atoms with Gasteiger partial charge in [-0.3, -0.25) is 0 Å². The molecule has 1 aliphatic carbocycles. The van der Waals surface area contributed by atoms with Gasteiger partial charge in [-0.2, -0.15) is 0 Å². The monoisotopic (exact) mass is 252 g/mol. The predicted octanol–water partition coefficient (Wildman–Crippen LogP) is 2.18. The molecule has 18 heavy (non-hydrogen) atoms. The number of hydrogen-bond donors (Lipinski definition) is 1. The SMILES string of the molecule is C=CCCCN(C)CC1CCC(CNC2CC2)O1. The van der Waals surface area contributed by atoms with Gasteiger partial charge in [0.25, 0.3) is 0 Å². The second-order valence-electron chi connectivity index (χ2n) is 5.83. The van der Waals surface area contributed by atoms with Gasteiger partial charge in [0.1, 0.15) is 0 Å². The van der Waals surface area contributed by atoms with Crippen LogP contribution in [-0.4, -0.2) is 49.8 Å². The number of likely N-dealkylation sites (N-methyl/N-ethyl adjacent to an activating group) is 1. The molecule has 1 saturated heterocycles. The number of unbranched alkanes of at least 4 members (excludes halogenated alkanes) is 1. The third-order valence-corrected chi connectivity index (χ3v) is 3.87. The van der Waals surface area contributed by atoms with Crippen LogP contribution in [0.3, 0.4) is 0 Å². The second-order valence-corrected chi connectivity index (χ2v) is 5.83. The first-order valence-corrected chi connectivity index (χ1v) is 7.46. The molecule has 0 aromatic carbocycles. The number of rotatable bonds is 9. The minimum Gasteiger partial charge on any atom is -0.372 e. The molecule has 2 rings (SSSR count). The first-order chi connectivity index (χ1) is 8.78. The highest BCUT2D eigenvalue weighted by atomic mass is 16.5. The number of allylic oxidation sites excluding steroid dienone is 1. The lowest BCUT2D eigenvalue weighted by Crippen LogP contribution is -2.32. The van der Waals surface area contributed by atoms with Crippen LogP contribution in [0.2, 0.25) is 0 Å². The maximum atomic E-state index is 6.09. The molecule has 1 saturated carbocycles. The van der Waals surface area contributed by atoms with E-state index in [4.69, 9.17) is 4.74 Å². The Balaban J connectivity index is 1.54. The molecule has 1 aliphatic heterocycles. The van der Waals surface area contributed by atoms with Gasteiger partial charge >= 0.3 is 0 Å². The second kappa shape index (κ2) is 7.27. The van der Waals surface area contributed by atoms with Gasteiger partial charge < -0.3 is 15.0 Å².